The number of hydrogen-bond acceptors (Lipinski definition) is 1. The number of nitrogens with zero attached hydrogens (tertiary/aromatic N) is 1. The zero-order valence-electron chi connectivity index (χ0n) is 7.44. The van der Waals surface area contributed by atoms with Crippen LogP contribution in [0.5, 0.6) is 0 Å². The Morgan fingerprint density at radius 1 is 1.67 bits per heavy atom. The molecule has 0 aromatic carbocycles. The van der Waals surface area contributed by atoms with Gasteiger partial charge in [-0.15, -0.1) is 12.3 Å². The molecule has 0 saturated heterocycles. The first-order valence-corrected chi connectivity index (χ1v) is 5.03. The Morgan fingerprint density at radius 2 is 2.42 bits per heavy atom. The summed E-state index contributed by atoms with van der Waals surface area (Å²) < 4.78 is 1.34. The van der Waals surface area contributed by atoms with Crippen LogP contribution in [0.25, 0.3) is 0 Å². The minimum Gasteiger partial charge on any atom is -0.297 e. The van der Waals surface area contributed by atoms with Gasteiger partial charge in [0.1, 0.15) is 0 Å². The van der Waals surface area contributed by atoms with E-state index in [9.17, 15) is 0 Å². The summed E-state index contributed by atoms with van der Waals surface area (Å²) in [5, 5.41) is 0. The van der Waals surface area contributed by atoms with Crippen molar-refractivity contribution in [1.82, 2.24) is 4.90 Å². The van der Waals surface area contributed by atoms with Crippen molar-refractivity contribution in [1.29, 1.82) is 0 Å². The second kappa shape index (κ2) is 4.69. The van der Waals surface area contributed by atoms with Crippen LogP contribution in [0.3, 0.4) is 0 Å². The van der Waals surface area contributed by atoms with Crippen LogP contribution in [-0.4, -0.2) is 24.5 Å². The molecule has 1 aliphatic heterocycles. The smallest absolute Gasteiger partial charge is 0.0299 e. The summed E-state index contributed by atoms with van der Waals surface area (Å²) in [6.45, 7) is 5.40. The molecule has 0 unspecified atom stereocenters. The van der Waals surface area contributed by atoms with E-state index in [4.69, 9.17) is 6.42 Å². The molecule has 1 rings (SSSR count). The Kier molecular flexibility index (Phi) is 3.84. The van der Waals surface area contributed by atoms with Crippen LogP contribution in [0.4, 0.5) is 0 Å². The van der Waals surface area contributed by atoms with E-state index in [-0.39, 0.29) is 0 Å². The van der Waals surface area contributed by atoms with Crippen LogP contribution >= 0.6 is 15.9 Å². The Bertz CT molecular complexity index is 224. The number of terminal acetylenes is 1. The molecule has 66 valence electrons. The van der Waals surface area contributed by atoms with Crippen LogP contribution in [-0.2, 0) is 0 Å². The minimum absolute atomic E-state index is 0.860. The van der Waals surface area contributed by atoms with Crippen molar-refractivity contribution in [3.05, 3.63) is 10.1 Å². The van der Waals surface area contributed by atoms with Gasteiger partial charge in [-0.25, -0.2) is 0 Å². The lowest BCUT2D eigenvalue weighted by atomic mass is 10.1. The van der Waals surface area contributed by atoms with Crippen LogP contribution in [0.2, 0.25) is 0 Å². The summed E-state index contributed by atoms with van der Waals surface area (Å²) in [5.74, 6) is 2.67. The molecule has 12 heavy (non-hydrogen) atoms. The van der Waals surface area contributed by atoms with E-state index < -0.39 is 0 Å². The standard InChI is InChI=1S/C10H14BrN/c1-3-4-6-12-7-5-9(2)10(11)8-12/h1H,4-8H2,2H3. The molecule has 0 amide bonds. The monoisotopic (exact) mass is 227 g/mol. The highest BCUT2D eigenvalue weighted by Crippen LogP contribution is 2.21. The third-order valence-electron chi connectivity index (χ3n) is 2.20. The average molecular weight is 228 g/mol. The van der Waals surface area contributed by atoms with Gasteiger partial charge in [-0.05, 0) is 13.3 Å². The Labute approximate surface area is 83.0 Å². The highest BCUT2D eigenvalue weighted by atomic mass is 79.9. The molecule has 1 heterocycles. The van der Waals surface area contributed by atoms with Gasteiger partial charge in [0.05, 0.1) is 0 Å². The molecule has 0 N–H and O–H groups in total. The fourth-order valence-electron chi connectivity index (χ4n) is 1.29. The van der Waals surface area contributed by atoms with E-state index in [1.54, 1.807) is 0 Å². The molecule has 1 nitrogen and oxygen atoms in total. The summed E-state index contributed by atoms with van der Waals surface area (Å²) in [6.07, 6.45) is 7.24. The van der Waals surface area contributed by atoms with E-state index in [2.05, 4.69) is 33.7 Å². The van der Waals surface area contributed by atoms with E-state index in [1.807, 2.05) is 0 Å². The van der Waals surface area contributed by atoms with Crippen molar-refractivity contribution in [3.8, 4) is 12.3 Å². The number of rotatable bonds is 2. The van der Waals surface area contributed by atoms with Crippen molar-refractivity contribution < 1.29 is 0 Å². The maximum Gasteiger partial charge on any atom is 0.0299 e. The van der Waals surface area contributed by atoms with Crippen LogP contribution in [0.1, 0.15) is 19.8 Å². The molecule has 1 aliphatic rings. The van der Waals surface area contributed by atoms with Gasteiger partial charge in [-0.1, -0.05) is 21.5 Å². The average Bonchev–Trinajstić information content (AvgIpc) is 2.07. The van der Waals surface area contributed by atoms with Gasteiger partial charge in [0.2, 0.25) is 0 Å². The molecule has 0 bridgehead atoms. The Morgan fingerprint density at radius 3 is 3.00 bits per heavy atom. The molecule has 0 atom stereocenters. The summed E-state index contributed by atoms with van der Waals surface area (Å²) >= 11 is 3.57. The molecule has 2 heteroatoms. The largest absolute Gasteiger partial charge is 0.297 e. The maximum absolute atomic E-state index is 5.21. The van der Waals surface area contributed by atoms with Gasteiger partial charge in [-0.2, -0.15) is 0 Å². The predicted molar refractivity (Wildman–Crippen MR) is 56.1 cm³/mol. The molecule has 0 spiro atoms. The highest BCUT2D eigenvalue weighted by Gasteiger charge is 2.13. The normalized spacial score (nSPS) is 19.4. The lowest BCUT2D eigenvalue weighted by Gasteiger charge is -2.26. The summed E-state index contributed by atoms with van der Waals surface area (Å²) in [5.41, 5.74) is 1.48. The van der Waals surface area contributed by atoms with E-state index in [0.717, 1.165) is 26.1 Å². The van der Waals surface area contributed by atoms with Crippen LogP contribution < -0.4 is 0 Å². The van der Waals surface area contributed by atoms with Crippen molar-refractivity contribution in [2.75, 3.05) is 19.6 Å². The fourth-order valence-corrected chi connectivity index (χ4v) is 1.84. The first-order valence-electron chi connectivity index (χ1n) is 4.24. The van der Waals surface area contributed by atoms with Gasteiger partial charge in [0.15, 0.2) is 0 Å². The topological polar surface area (TPSA) is 3.24 Å². The molecular weight excluding hydrogens is 214 g/mol. The molecular formula is C10H14BrN. The zero-order chi connectivity index (χ0) is 8.97. The molecule has 0 aromatic heterocycles. The van der Waals surface area contributed by atoms with Crippen molar-refractivity contribution in [2.24, 2.45) is 0 Å². The van der Waals surface area contributed by atoms with E-state index in [0.29, 0.717) is 0 Å². The summed E-state index contributed by atoms with van der Waals surface area (Å²) in [7, 11) is 0. The molecule has 0 radical (unpaired) electrons. The third-order valence-corrected chi connectivity index (χ3v) is 3.13. The SMILES string of the molecule is C#CCCN1CCC(C)=C(Br)C1. The first-order chi connectivity index (χ1) is 5.74. The third kappa shape index (κ3) is 2.66. The Balaban J connectivity index is 2.39. The molecule has 0 aromatic rings. The second-order valence-corrected chi connectivity index (χ2v) is 4.12. The molecule has 0 saturated carbocycles. The van der Waals surface area contributed by atoms with Crippen molar-refractivity contribution in [3.63, 3.8) is 0 Å². The van der Waals surface area contributed by atoms with Gasteiger partial charge in [-0.3, -0.25) is 4.90 Å². The van der Waals surface area contributed by atoms with Gasteiger partial charge in [0, 0.05) is 30.5 Å². The van der Waals surface area contributed by atoms with E-state index in [1.165, 1.54) is 16.5 Å². The summed E-state index contributed by atoms with van der Waals surface area (Å²) in [6, 6.07) is 0. The van der Waals surface area contributed by atoms with Crippen LogP contribution in [0.15, 0.2) is 10.1 Å². The molecule has 0 fully saturated rings. The maximum atomic E-state index is 5.21. The van der Waals surface area contributed by atoms with Crippen LogP contribution in [0, 0.1) is 12.3 Å². The zero-order valence-corrected chi connectivity index (χ0v) is 9.02. The minimum atomic E-state index is 0.860. The van der Waals surface area contributed by atoms with Gasteiger partial charge < -0.3 is 0 Å². The lowest BCUT2D eigenvalue weighted by Crippen LogP contribution is -2.30. The van der Waals surface area contributed by atoms with Crippen molar-refractivity contribution in [2.45, 2.75) is 19.8 Å². The quantitative estimate of drug-likeness (QED) is 0.656. The lowest BCUT2D eigenvalue weighted by molar-refractivity contribution is 0.299. The van der Waals surface area contributed by atoms with Gasteiger partial charge >= 0.3 is 0 Å². The Hall–Kier alpha value is -0.260. The number of halogens is 1. The second-order valence-electron chi connectivity index (χ2n) is 3.17. The molecule has 0 aliphatic carbocycles. The number of hydrogen-bond donors (Lipinski definition) is 0. The summed E-state index contributed by atoms with van der Waals surface area (Å²) in [4.78, 5) is 2.39. The predicted octanol–water partition coefficient (Wildman–Crippen LogP) is 2.38. The highest BCUT2D eigenvalue weighted by molar-refractivity contribution is 9.11. The van der Waals surface area contributed by atoms with Gasteiger partial charge in [0.25, 0.3) is 0 Å². The van der Waals surface area contributed by atoms with Crippen molar-refractivity contribution >= 4 is 15.9 Å². The first kappa shape index (κ1) is 9.83. The fraction of sp³-hybridized carbons (Fsp3) is 0.600. The van der Waals surface area contributed by atoms with E-state index >= 15 is 0 Å².